The first-order valence-electron chi connectivity index (χ1n) is 7.31. The van der Waals surface area contributed by atoms with E-state index < -0.39 is 0 Å². The molecule has 114 valence electrons. The van der Waals surface area contributed by atoms with Crippen LogP contribution in [0.15, 0.2) is 36.4 Å². The Morgan fingerprint density at radius 2 is 1.50 bits per heavy atom. The Labute approximate surface area is 128 Å². The maximum atomic E-state index is 5.42. The van der Waals surface area contributed by atoms with Gasteiger partial charge in [0, 0.05) is 12.6 Å². The van der Waals surface area contributed by atoms with Crippen molar-refractivity contribution in [2.24, 2.45) is 0 Å². The van der Waals surface area contributed by atoms with Gasteiger partial charge in [0.25, 0.3) is 0 Å². The van der Waals surface area contributed by atoms with Crippen molar-refractivity contribution >= 4 is 0 Å². The summed E-state index contributed by atoms with van der Waals surface area (Å²) in [5.74, 6) is 3.25. The molecule has 0 aromatic heterocycles. The summed E-state index contributed by atoms with van der Waals surface area (Å²) < 4.78 is 21.5. The van der Waals surface area contributed by atoms with E-state index in [9.17, 15) is 0 Å². The van der Waals surface area contributed by atoms with Crippen LogP contribution in [-0.2, 0) is 6.54 Å². The summed E-state index contributed by atoms with van der Waals surface area (Å²) in [7, 11) is 0. The van der Waals surface area contributed by atoms with Crippen LogP contribution in [0.2, 0.25) is 0 Å². The van der Waals surface area contributed by atoms with Crippen molar-refractivity contribution in [1.29, 1.82) is 0 Å². The molecule has 2 aliphatic rings. The monoisotopic (exact) mass is 299 g/mol. The zero-order valence-corrected chi connectivity index (χ0v) is 12.3. The predicted octanol–water partition coefficient (Wildman–Crippen LogP) is 2.99. The van der Waals surface area contributed by atoms with Gasteiger partial charge in [0.15, 0.2) is 23.0 Å². The number of hydrogen-bond acceptors (Lipinski definition) is 5. The van der Waals surface area contributed by atoms with Gasteiger partial charge in [-0.15, -0.1) is 0 Å². The Hall–Kier alpha value is -2.40. The van der Waals surface area contributed by atoms with E-state index >= 15 is 0 Å². The van der Waals surface area contributed by atoms with Crippen molar-refractivity contribution < 1.29 is 18.9 Å². The average Bonchev–Trinajstić information content (AvgIpc) is 3.19. The lowest BCUT2D eigenvalue weighted by Gasteiger charge is -2.15. The topological polar surface area (TPSA) is 49.0 Å². The van der Waals surface area contributed by atoms with Gasteiger partial charge >= 0.3 is 0 Å². The molecule has 2 aromatic rings. The van der Waals surface area contributed by atoms with Crippen LogP contribution in [0.5, 0.6) is 23.0 Å². The third-order valence-electron chi connectivity index (χ3n) is 3.95. The summed E-state index contributed by atoms with van der Waals surface area (Å²) >= 11 is 0. The van der Waals surface area contributed by atoms with E-state index in [1.165, 1.54) is 5.56 Å². The molecule has 0 fully saturated rings. The van der Waals surface area contributed by atoms with Crippen LogP contribution in [-0.4, -0.2) is 13.6 Å². The van der Waals surface area contributed by atoms with Crippen molar-refractivity contribution in [3.8, 4) is 23.0 Å². The average molecular weight is 299 g/mol. The van der Waals surface area contributed by atoms with Crippen molar-refractivity contribution in [2.75, 3.05) is 13.6 Å². The van der Waals surface area contributed by atoms with Gasteiger partial charge in [-0.1, -0.05) is 12.1 Å². The smallest absolute Gasteiger partial charge is 0.231 e. The predicted molar refractivity (Wildman–Crippen MR) is 80.4 cm³/mol. The van der Waals surface area contributed by atoms with Crippen molar-refractivity contribution in [3.05, 3.63) is 47.5 Å². The van der Waals surface area contributed by atoms with Crippen LogP contribution in [0.4, 0.5) is 0 Å². The first-order valence-corrected chi connectivity index (χ1v) is 7.31. The van der Waals surface area contributed by atoms with E-state index in [-0.39, 0.29) is 6.04 Å². The first kappa shape index (κ1) is 13.3. The number of hydrogen-bond donors (Lipinski definition) is 1. The van der Waals surface area contributed by atoms with E-state index in [0.717, 1.165) is 35.1 Å². The molecule has 1 unspecified atom stereocenters. The Morgan fingerprint density at radius 3 is 2.27 bits per heavy atom. The number of benzene rings is 2. The van der Waals surface area contributed by atoms with Gasteiger partial charge in [-0.2, -0.15) is 0 Å². The molecule has 0 saturated carbocycles. The van der Waals surface area contributed by atoms with Gasteiger partial charge in [0.2, 0.25) is 13.6 Å². The van der Waals surface area contributed by atoms with Crippen LogP contribution in [0.25, 0.3) is 0 Å². The molecule has 1 N–H and O–H groups in total. The highest BCUT2D eigenvalue weighted by Gasteiger charge is 2.16. The summed E-state index contributed by atoms with van der Waals surface area (Å²) in [6.45, 7) is 3.49. The van der Waals surface area contributed by atoms with Gasteiger partial charge in [0.1, 0.15) is 0 Å². The lowest BCUT2D eigenvalue weighted by molar-refractivity contribution is 0.173. The molecule has 5 heteroatoms. The Bertz CT molecular complexity index is 701. The fourth-order valence-corrected chi connectivity index (χ4v) is 2.62. The number of rotatable bonds is 4. The second kappa shape index (κ2) is 5.42. The Kier molecular flexibility index (Phi) is 3.27. The van der Waals surface area contributed by atoms with Crippen molar-refractivity contribution in [1.82, 2.24) is 5.32 Å². The number of nitrogens with one attached hydrogen (secondary N) is 1. The van der Waals surface area contributed by atoms with Crippen LogP contribution in [0, 0.1) is 0 Å². The van der Waals surface area contributed by atoms with Crippen LogP contribution in [0.3, 0.4) is 0 Å². The quantitative estimate of drug-likeness (QED) is 0.940. The summed E-state index contributed by atoms with van der Waals surface area (Å²) in [6.07, 6.45) is 0. The minimum absolute atomic E-state index is 0.208. The molecule has 5 nitrogen and oxygen atoms in total. The summed E-state index contributed by atoms with van der Waals surface area (Å²) in [5, 5.41) is 3.50. The van der Waals surface area contributed by atoms with E-state index in [1.807, 2.05) is 30.3 Å². The molecule has 2 aliphatic heterocycles. The van der Waals surface area contributed by atoms with Gasteiger partial charge in [-0.3, -0.25) is 0 Å². The molecule has 22 heavy (non-hydrogen) atoms. The zero-order chi connectivity index (χ0) is 14.9. The minimum atomic E-state index is 0.208. The lowest BCUT2D eigenvalue weighted by Crippen LogP contribution is -2.18. The van der Waals surface area contributed by atoms with E-state index in [4.69, 9.17) is 18.9 Å². The van der Waals surface area contributed by atoms with Crippen LogP contribution >= 0.6 is 0 Å². The first-order chi connectivity index (χ1) is 10.8. The number of ether oxygens (including phenoxy) is 4. The molecule has 0 saturated heterocycles. The maximum absolute atomic E-state index is 5.42. The number of fused-ring (bicyclic) bond motifs is 2. The summed E-state index contributed by atoms with van der Waals surface area (Å²) in [5.41, 5.74) is 2.34. The molecule has 4 rings (SSSR count). The molecule has 0 aliphatic carbocycles. The fraction of sp³-hybridized carbons (Fsp3) is 0.294. The Morgan fingerprint density at radius 1 is 0.864 bits per heavy atom. The zero-order valence-electron chi connectivity index (χ0n) is 12.3. The molecule has 2 aromatic carbocycles. The van der Waals surface area contributed by atoms with Crippen molar-refractivity contribution in [3.63, 3.8) is 0 Å². The maximum Gasteiger partial charge on any atom is 0.231 e. The van der Waals surface area contributed by atoms with E-state index in [0.29, 0.717) is 13.6 Å². The highest BCUT2D eigenvalue weighted by Crippen LogP contribution is 2.35. The van der Waals surface area contributed by atoms with Gasteiger partial charge < -0.3 is 24.3 Å². The van der Waals surface area contributed by atoms with Gasteiger partial charge in [-0.25, -0.2) is 0 Å². The summed E-state index contributed by atoms with van der Waals surface area (Å²) in [6, 6.07) is 12.3. The molecule has 2 heterocycles. The van der Waals surface area contributed by atoms with Crippen LogP contribution < -0.4 is 24.3 Å². The standard InChI is InChI=1S/C17H17NO4/c1-11(13-3-5-15-17(7-13)22-10-20-15)18-8-12-2-4-14-16(6-12)21-9-19-14/h2-7,11,18H,8-10H2,1H3. The summed E-state index contributed by atoms with van der Waals surface area (Å²) in [4.78, 5) is 0. The molecular weight excluding hydrogens is 282 g/mol. The third kappa shape index (κ3) is 2.44. The van der Waals surface area contributed by atoms with Crippen LogP contribution in [0.1, 0.15) is 24.1 Å². The second-order valence-corrected chi connectivity index (χ2v) is 5.40. The van der Waals surface area contributed by atoms with Gasteiger partial charge in [-0.05, 0) is 42.3 Å². The Balaban J connectivity index is 1.43. The van der Waals surface area contributed by atoms with Crippen molar-refractivity contribution in [2.45, 2.75) is 19.5 Å². The highest BCUT2D eigenvalue weighted by molar-refractivity contribution is 5.46. The molecule has 0 bridgehead atoms. The third-order valence-corrected chi connectivity index (χ3v) is 3.95. The molecule has 0 amide bonds. The molecular formula is C17H17NO4. The lowest BCUT2D eigenvalue weighted by atomic mass is 10.1. The van der Waals surface area contributed by atoms with E-state index in [2.05, 4.69) is 18.3 Å². The second-order valence-electron chi connectivity index (χ2n) is 5.40. The largest absolute Gasteiger partial charge is 0.454 e. The SMILES string of the molecule is CC(NCc1ccc2c(c1)OCO2)c1ccc2c(c1)OCO2. The molecule has 0 radical (unpaired) electrons. The van der Waals surface area contributed by atoms with E-state index in [1.54, 1.807) is 0 Å². The minimum Gasteiger partial charge on any atom is -0.454 e. The molecule has 0 spiro atoms. The highest BCUT2D eigenvalue weighted by atomic mass is 16.7. The molecule has 1 atom stereocenters. The van der Waals surface area contributed by atoms with Gasteiger partial charge in [0.05, 0.1) is 0 Å². The normalized spacial score (nSPS) is 15.9. The fourth-order valence-electron chi connectivity index (χ4n) is 2.62.